The topological polar surface area (TPSA) is 235 Å². The van der Waals surface area contributed by atoms with E-state index in [1.165, 1.54) is 11.9 Å². The van der Waals surface area contributed by atoms with Gasteiger partial charge in [0.25, 0.3) is 0 Å². The van der Waals surface area contributed by atoms with Gasteiger partial charge in [0.05, 0.1) is 40.4 Å². The van der Waals surface area contributed by atoms with E-state index in [9.17, 15) is 49.0 Å². The molecule has 2 heterocycles. The fourth-order valence-electron chi connectivity index (χ4n) is 4.24. The Morgan fingerprint density at radius 3 is 2.30 bits per heavy atom. The van der Waals surface area contributed by atoms with Crippen LogP contribution in [0.1, 0.15) is 10.4 Å². The van der Waals surface area contributed by atoms with E-state index in [0.29, 0.717) is 22.9 Å². The molecular formula is C25H29ClF3N5O9. The van der Waals surface area contributed by atoms with Crippen LogP contribution < -0.4 is 16.5 Å². The fraction of sp³-hybridized carbons (Fsp3) is 0.400. The lowest BCUT2D eigenvalue weighted by Crippen LogP contribution is -2.50. The van der Waals surface area contributed by atoms with Crippen LogP contribution >= 0.6 is 11.6 Å². The highest BCUT2D eigenvalue weighted by Crippen LogP contribution is 2.34. The highest BCUT2D eigenvalue weighted by Gasteiger charge is 2.31. The first-order valence-corrected chi connectivity index (χ1v) is 12.8. The molecule has 0 fully saturated rings. The lowest BCUT2D eigenvalue weighted by Gasteiger charge is -2.29. The second kappa shape index (κ2) is 13.8. The number of anilines is 2. The number of nitrogens with two attached hydrogens (primary N) is 1. The summed E-state index contributed by atoms with van der Waals surface area (Å²) < 4.78 is 44.4. The van der Waals surface area contributed by atoms with E-state index in [4.69, 9.17) is 22.4 Å². The summed E-state index contributed by atoms with van der Waals surface area (Å²) in [4.78, 5) is 29.4. The number of carbonyl (C=O) groups is 1. The van der Waals surface area contributed by atoms with Crippen molar-refractivity contribution in [2.75, 3.05) is 44.3 Å². The number of nitrogen functional groups attached to an aromatic ring is 1. The Morgan fingerprint density at radius 2 is 1.70 bits per heavy atom. The van der Waals surface area contributed by atoms with Crippen molar-refractivity contribution >= 4 is 40.0 Å². The van der Waals surface area contributed by atoms with Crippen molar-refractivity contribution in [3.8, 4) is 5.82 Å². The molecule has 14 nitrogen and oxygen atoms in total. The molecule has 5 atom stereocenters. The summed E-state index contributed by atoms with van der Waals surface area (Å²) in [6.07, 6.45) is -7.61. The number of nitrogens with one attached hydrogen (secondary N) is 1. The molecule has 1 aromatic carbocycles. The molecule has 0 amide bonds. The van der Waals surface area contributed by atoms with Crippen LogP contribution in [0.3, 0.4) is 0 Å². The number of benzene rings is 1. The van der Waals surface area contributed by atoms with Crippen LogP contribution in [-0.4, -0.2) is 120 Å². The minimum Gasteiger partial charge on any atom is -0.477 e. The zero-order valence-electron chi connectivity index (χ0n) is 22.3. The van der Waals surface area contributed by atoms with Crippen molar-refractivity contribution < 1.29 is 53.7 Å². The Balaban J connectivity index is 1.91. The van der Waals surface area contributed by atoms with E-state index in [2.05, 4.69) is 10.3 Å². The Bertz CT molecular complexity index is 1560. The second-order valence-corrected chi connectivity index (χ2v) is 10.1. The Kier molecular flexibility index (Phi) is 10.9. The van der Waals surface area contributed by atoms with Gasteiger partial charge in [-0.25, -0.2) is 22.9 Å². The number of rotatable bonds is 13. The van der Waals surface area contributed by atoms with Crippen LogP contribution in [-0.2, 0) is 0 Å². The third-order valence-electron chi connectivity index (χ3n) is 6.44. The average Bonchev–Trinajstić information content (AvgIpc) is 2.93. The molecule has 5 unspecified atom stereocenters. The first-order valence-electron chi connectivity index (χ1n) is 12.4. The van der Waals surface area contributed by atoms with Crippen LogP contribution in [0.5, 0.6) is 0 Å². The molecule has 2 aromatic heterocycles. The molecule has 0 radical (unpaired) electrons. The van der Waals surface area contributed by atoms with Gasteiger partial charge in [-0.1, -0.05) is 11.6 Å². The third-order valence-corrected chi connectivity index (χ3v) is 6.81. The normalized spacial score (nSPS) is 15.3. The van der Waals surface area contributed by atoms with Gasteiger partial charge in [0, 0.05) is 31.9 Å². The lowest BCUT2D eigenvalue weighted by atomic mass is 10.0. The number of likely N-dealkylation sites (N-methyl/N-ethyl adjacent to an activating group) is 1. The summed E-state index contributed by atoms with van der Waals surface area (Å²) in [5.41, 5.74) is 2.48. The number of nitrogens with zero attached hydrogens (tertiary/aromatic N) is 3. The maximum absolute atomic E-state index is 15.2. The number of hydrogen-bond acceptors (Lipinski definition) is 12. The minimum atomic E-state index is -1.85. The number of carboxylic acid groups (broad SMARTS) is 1. The number of fused-ring (bicyclic) bond motifs is 1. The van der Waals surface area contributed by atoms with Crippen molar-refractivity contribution in [2.45, 2.75) is 30.5 Å². The second-order valence-electron chi connectivity index (χ2n) is 9.71. The molecule has 3 aromatic rings. The van der Waals surface area contributed by atoms with Crippen molar-refractivity contribution in [3.05, 3.63) is 56.6 Å². The van der Waals surface area contributed by atoms with Gasteiger partial charge in [-0.3, -0.25) is 9.36 Å². The smallest absolute Gasteiger partial charge is 0.341 e. The van der Waals surface area contributed by atoms with Gasteiger partial charge in [0.1, 0.15) is 29.7 Å². The van der Waals surface area contributed by atoms with Gasteiger partial charge in [-0.05, 0) is 13.1 Å². The molecule has 43 heavy (non-hydrogen) atoms. The molecule has 0 saturated carbocycles. The van der Waals surface area contributed by atoms with E-state index in [-0.39, 0.29) is 13.1 Å². The number of halogens is 4. The van der Waals surface area contributed by atoms with Crippen LogP contribution in [0.15, 0.2) is 23.1 Å². The number of aliphatic hydroxyl groups is 6. The predicted molar refractivity (Wildman–Crippen MR) is 147 cm³/mol. The van der Waals surface area contributed by atoms with Crippen LogP contribution in [0.2, 0.25) is 5.02 Å². The summed E-state index contributed by atoms with van der Waals surface area (Å²) in [5, 5.41) is 69.4. The molecule has 0 aliphatic heterocycles. The Hall–Kier alpha value is -3.55. The van der Waals surface area contributed by atoms with E-state index >= 15 is 4.39 Å². The maximum Gasteiger partial charge on any atom is 0.341 e. The van der Waals surface area contributed by atoms with Crippen LogP contribution in [0.25, 0.3) is 16.7 Å². The number of aliphatic hydroxyl groups excluding tert-OH is 6. The third kappa shape index (κ3) is 7.34. The van der Waals surface area contributed by atoms with Gasteiger partial charge in [-0.15, -0.1) is 0 Å². The molecule has 0 aliphatic rings. The quantitative estimate of drug-likeness (QED) is 0.108. The molecule has 0 aliphatic carbocycles. The SMILES string of the molecule is CN(CC(O)CNc1c(F)cc2c(=O)c(C(=O)O)cn(-c3nc(N)c(F)cc3F)c2c1Cl)CC(O)C(O)C(O)C(O)CO. The number of pyridine rings is 2. The number of carboxylic acids is 1. The number of hydrogen-bond donors (Lipinski definition) is 9. The molecule has 3 rings (SSSR count). The molecule has 236 valence electrons. The highest BCUT2D eigenvalue weighted by molar-refractivity contribution is 6.38. The van der Waals surface area contributed by atoms with Crippen molar-refractivity contribution in [2.24, 2.45) is 0 Å². The van der Waals surface area contributed by atoms with Gasteiger partial charge >= 0.3 is 5.97 Å². The summed E-state index contributed by atoms with van der Waals surface area (Å²) in [6, 6.07) is 1.01. The molecule has 10 N–H and O–H groups in total. The van der Waals surface area contributed by atoms with Gasteiger partial charge in [0.2, 0.25) is 5.43 Å². The molecule has 0 spiro atoms. The lowest BCUT2D eigenvalue weighted by molar-refractivity contribution is -0.119. The Labute approximate surface area is 245 Å². The largest absolute Gasteiger partial charge is 0.477 e. The highest BCUT2D eigenvalue weighted by atomic mass is 35.5. The van der Waals surface area contributed by atoms with Gasteiger partial charge in [0.15, 0.2) is 23.3 Å². The summed E-state index contributed by atoms with van der Waals surface area (Å²) >= 11 is 6.41. The van der Waals surface area contributed by atoms with Gasteiger partial charge < -0.3 is 51.7 Å². The van der Waals surface area contributed by atoms with E-state index < -0.39 is 111 Å². The van der Waals surface area contributed by atoms with E-state index in [0.717, 1.165) is 0 Å². The minimum absolute atomic E-state index is 0.196. The monoisotopic (exact) mass is 635 g/mol. The molecular weight excluding hydrogens is 607 g/mol. The first kappa shape index (κ1) is 33.9. The van der Waals surface area contributed by atoms with Crippen LogP contribution in [0, 0.1) is 17.5 Å². The molecule has 0 saturated heterocycles. The molecule has 0 bridgehead atoms. The van der Waals surface area contributed by atoms with Crippen LogP contribution in [0.4, 0.5) is 24.7 Å². The number of aromatic nitrogens is 2. The predicted octanol–water partition coefficient (Wildman–Crippen LogP) is -1.12. The van der Waals surface area contributed by atoms with Crippen molar-refractivity contribution in [1.29, 1.82) is 0 Å². The van der Waals surface area contributed by atoms with Crippen molar-refractivity contribution in [3.63, 3.8) is 0 Å². The first-order chi connectivity index (χ1) is 20.1. The zero-order chi connectivity index (χ0) is 32.3. The standard InChI is InChI=1S/C25H29ClF3N5O9/c1-33(7-15(37)21(40)22(41)16(38)8-35)5-9(36)4-31-18-12(27)2-10-19(17(18)26)34(6-11(20(10)39)25(42)43)24-14(29)3-13(28)23(30)32-24/h2-3,6,9,15-16,21-22,31,35-38,40-41H,4-5,7-8H2,1H3,(H2,30,32)(H,42,43). The molecule has 18 heteroatoms. The summed E-state index contributed by atoms with van der Waals surface area (Å²) in [6.45, 7) is -1.77. The average molecular weight is 636 g/mol. The van der Waals surface area contributed by atoms with E-state index in [1.807, 2.05) is 0 Å². The summed E-state index contributed by atoms with van der Waals surface area (Å²) in [7, 11) is 1.42. The fourth-order valence-corrected chi connectivity index (χ4v) is 4.59. The van der Waals surface area contributed by atoms with E-state index in [1.54, 1.807) is 0 Å². The maximum atomic E-state index is 15.2. The Morgan fingerprint density at radius 1 is 1.07 bits per heavy atom. The summed E-state index contributed by atoms with van der Waals surface area (Å²) in [5.74, 6) is -6.92. The van der Waals surface area contributed by atoms with Gasteiger partial charge in [-0.2, -0.15) is 0 Å². The zero-order valence-corrected chi connectivity index (χ0v) is 23.1. The number of aromatic carboxylic acids is 1. The van der Waals surface area contributed by atoms with Crippen molar-refractivity contribution in [1.82, 2.24) is 14.5 Å².